The van der Waals surface area contributed by atoms with Crippen LogP contribution in [0.2, 0.25) is 0 Å². The fourth-order valence-corrected chi connectivity index (χ4v) is 1.28. The Bertz CT molecular complexity index is 154. The van der Waals surface area contributed by atoms with Gasteiger partial charge in [0.15, 0.2) is 0 Å². The first-order valence-corrected chi connectivity index (χ1v) is 3.38. The lowest BCUT2D eigenvalue weighted by Gasteiger charge is -2.21. The number of rotatable bonds is 1. The van der Waals surface area contributed by atoms with Gasteiger partial charge in [-0.05, 0) is 0 Å². The minimum Gasteiger partial charge on any atom is -0.371 e. The van der Waals surface area contributed by atoms with E-state index in [1.807, 2.05) is 13.8 Å². The Hall–Kier alpha value is -0.570. The number of hydrogen-bond donors (Lipinski definition) is 1. The van der Waals surface area contributed by atoms with Crippen molar-refractivity contribution in [1.29, 1.82) is 0 Å². The molecule has 1 rings (SSSR count). The minimum absolute atomic E-state index is 0.00694. The van der Waals surface area contributed by atoms with Gasteiger partial charge in [0.1, 0.15) is 6.10 Å². The van der Waals surface area contributed by atoms with Crippen LogP contribution in [0.3, 0.4) is 0 Å². The number of amides is 1. The number of nitrogens with one attached hydrogen (secondary N) is 1. The van der Waals surface area contributed by atoms with Crippen molar-refractivity contribution in [3.63, 3.8) is 0 Å². The van der Waals surface area contributed by atoms with Crippen LogP contribution in [0.25, 0.3) is 0 Å². The van der Waals surface area contributed by atoms with Crippen molar-refractivity contribution in [3.05, 3.63) is 0 Å². The maximum Gasteiger partial charge on any atom is 0.249 e. The summed E-state index contributed by atoms with van der Waals surface area (Å²) < 4.78 is 5.03. The first-order valence-electron chi connectivity index (χ1n) is 3.38. The molecule has 0 unspecified atom stereocenters. The van der Waals surface area contributed by atoms with Gasteiger partial charge in [-0.25, -0.2) is 0 Å². The summed E-state index contributed by atoms with van der Waals surface area (Å²) in [5.41, 5.74) is -0.0498. The lowest BCUT2D eigenvalue weighted by Crippen LogP contribution is -2.32. The Labute approximate surface area is 60.7 Å². The number of carbonyl (C=O) groups is 1. The van der Waals surface area contributed by atoms with E-state index in [2.05, 4.69) is 5.32 Å². The van der Waals surface area contributed by atoms with E-state index in [-0.39, 0.29) is 17.4 Å². The molecule has 0 aromatic rings. The molecular weight excluding hydrogens is 130 g/mol. The van der Waals surface area contributed by atoms with E-state index in [0.29, 0.717) is 6.54 Å². The lowest BCUT2D eigenvalue weighted by molar-refractivity contribution is -0.130. The topological polar surface area (TPSA) is 38.3 Å². The van der Waals surface area contributed by atoms with E-state index >= 15 is 0 Å². The average molecular weight is 143 g/mol. The molecule has 1 atom stereocenters. The largest absolute Gasteiger partial charge is 0.371 e. The Morgan fingerprint density at radius 3 is 2.50 bits per heavy atom. The molecule has 3 heteroatoms. The zero-order valence-electron chi connectivity index (χ0n) is 6.60. The van der Waals surface area contributed by atoms with Gasteiger partial charge in [-0.15, -0.1) is 0 Å². The second kappa shape index (κ2) is 2.23. The van der Waals surface area contributed by atoms with Crippen molar-refractivity contribution in [1.82, 2.24) is 5.32 Å². The Kier molecular flexibility index (Phi) is 1.68. The molecule has 0 aromatic carbocycles. The summed E-state index contributed by atoms with van der Waals surface area (Å²) >= 11 is 0. The number of carbonyl (C=O) groups excluding carboxylic acids is 1. The standard InChI is InChI=1S/C7H13NO2/c1-7(2)4-8-6(9)5(7)10-3/h5H,4H2,1-3H3,(H,8,9)/t5-/m1/s1. The number of hydrogen-bond acceptors (Lipinski definition) is 2. The molecule has 0 spiro atoms. The van der Waals surface area contributed by atoms with Crippen molar-refractivity contribution in [2.24, 2.45) is 5.41 Å². The van der Waals surface area contributed by atoms with Crippen LogP contribution in [0.4, 0.5) is 0 Å². The summed E-state index contributed by atoms with van der Waals surface area (Å²) in [7, 11) is 1.57. The highest BCUT2D eigenvalue weighted by molar-refractivity contribution is 5.84. The molecule has 0 aliphatic carbocycles. The fourth-order valence-electron chi connectivity index (χ4n) is 1.28. The second-order valence-electron chi connectivity index (χ2n) is 3.32. The van der Waals surface area contributed by atoms with Gasteiger partial charge in [0, 0.05) is 19.1 Å². The van der Waals surface area contributed by atoms with Crippen LogP contribution in [-0.2, 0) is 9.53 Å². The molecule has 1 heterocycles. The second-order valence-corrected chi connectivity index (χ2v) is 3.32. The molecular formula is C7H13NO2. The molecule has 3 nitrogen and oxygen atoms in total. The normalized spacial score (nSPS) is 30.3. The molecule has 1 N–H and O–H groups in total. The third-order valence-electron chi connectivity index (χ3n) is 1.90. The van der Waals surface area contributed by atoms with Gasteiger partial charge in [-0.1, -0.05) is 13.8 Å². The highest BCUT2D eigenvalue weighted by Gasteiger charge is 2.41. The van der Waals surface area contributed by atoms with Crippen molar-refractivity contribution < 1.29 is 9.53 Å². The average Bonchev–Trinajstić information content (AvgIpc) is 2.07. The lowest BCUT2D eigenvalue weighted by atomic mass is 9.90. The van der Waals surface area contributed by atoms with E-state index in [4.69, 9.17) is 4.74 Å². The van der Waals surface area contributed by atoms with Gasteiger partial charge < -0.3 is 10.1 Å². The van der Waals surface area contributed by atoms with Crippen molar-refractivity contribution in [2.75, 3.05) is 13.7 Å². The van der Waals surface area contributed by atoms with Crippen LogP contribution in [0, 0.1) is 5.41 Å². The zero-order chi connectivity index (χ0) is 7.78. The molecule has 58 valence electrons. The molecule has 1 aliphatic heterocycles. The van der Waals surface area contributed by atoms with Gasteiger partial charge in [0.25, 0.3) is 0 Å². The van der Waals surface area contributed by atoms with Crippen LogP contribution >= 0.6 is 0 Å². The SMILES string of the molecule is CO[C@@H]1C(=O)NCC1(C)C. The molecule has 0 bridgehead atoms. The molecule has 1 aliphatic rings. The van der Waals surface area contributed by atoms with Gasteiger partial charge in [0.2, 0.25) is 5.91 Å². The summed E-state index contributed by atoms with van der Waals surface area (Å²) in [6.07, 6.45) is -0.271. The summed E-state index contributed by atoms with van der Waals surface area (Å²) in [5.74, 6) is 0.00694. The summed E-state index contributed by atoms with van der Waals surface area (Å²) in [6.45, 7) is 4.74. The maximum absolute atomic E-state index is 11.0. The van der Waals surface area contributed by atoms with Crippen LogP contribution in [-0.4, -0.2) is 25.7 Å². The number of ether oxygens (including phenoxy) is 1. The van der Waals surface area contributed by atoms with E-state index in [1.54, 1.807) is 7.11 Å². The van der Waals surface area contributed by atoms with E-state index in [1.165, 1.54) is 0 Å². The smallest absolute Gasteiger partial charge is 0.249 e. The number of methoxy groups -OCH3 is 1. The van der Waals surface area contributed by atoms with Gasteiger partial charge in [-0.2, -0.15) is 0 Å². The molecule has 1 fully saturated rings. The van der Waals surface area contributed by atoms with Crippen LogP contribution in [0.1, 0.15) is 13.8 Å². The highest BCUT2D eigenvalue weighted by atomic mass is 16.5. The van der Waals surface area contributed by atoms with Gasteiger partial charge >= 0.3 is 0 Å². The van der Waals surface area contributed by atoms with Crippen LogP contribution in [0.5, 0.6) is 0 Å². The molecule has 1 saturated heterocycles. The third-order valence-corrected chi connectivity index (χ3v) is 1.90. The van der Waals surface area contributed by atoms with Gasteiger partial charge in [0.05, 0.1) is 0 Å². The highest BCUT2D eigenvalue weighted by Crippen LogP contribution is 2.26. The Morgan fingerprint density at radius 2 is 2.30 bits per heavy atom. The Morgan fingerprint density at radius 1 is 1.70 bits per heavy atom. The van der Waals surface area contributed by atoms with E-state index < -0.39 is 0 Å². The molecule has 0 radical (unpaired) electrons. The van der Waals surface area contributed by atoms with Crippen molar-refractivity contribution >= 4 is 5.91 Å². The van der Waals surface area contributed by atoms with Crippen LogP contribution < -0.4 is 5.32 Å². The summed E-state index contributed by atoms with van der Waals surface area (Å²) in [5, 5.41) is 2.75. The molecule has 0 saturated carbocycles. The summed E-state index contributed by atoms with van der Waals surface area (Å²) in [4.78, 5) is 11.0. The fraction of sp³-hybridized carbons (Fsp3) is 0.857. The molecule has 0 aromatic heterocycles. The monoisotopic (exact) mass is 143 g/mol. The predicted molar refractivity (Wildman–Crippen MR) is 37.6 cm³/mol. The first-order chi connectivity index (χ1) is 4.58. The third kappa shape index (κ3) is 1.01. The maximum atomic E-state index is 11.0. The first kappa shape index (κ1) is 7.54. The van der Waals surface area contributed by atoms with Crippen molar-refractivity contribution in [3.8, 4) is 0 Å². The van der Waals surface area contributed by atoms with Crippen LogP contribution in [0.15, 0.2) is 0 Å². The Balaban J connectivity index is 2.73. The quantitative estimate of drug-likeness (QED) is 0.567. The van der Waals surface area contributed by atoms with E-state index in [0.717, 1.165) is 0 Å². The minimum atomic E-state index is -0.271. The van der Waals surface area contributed by atoms with Gasteiger partial charge in [-0.3, -0.25) is 4.79 Å². The predicted octanol–water partition coefficient (Wildman–Crippen LogP) is 0.157. The zero-order valence-corrected chi connectivity index (χ0v) is 6.60. The van der Waals surface area contributed by atoms with E-state index in [9.17, 15) is 4.79 Å². The summed E-state index contributed by atoms with van der Waals surface area (Å²) in [6, 6.07) is 0. The molecule has 1 amide bonds. The van der Waals surface area contributed by atoms with Crippen molar-refractivity contribution in [2.45, 2.75) is 20.0 Å². The molecule has 10 heavy (non-hydrogen) atoms.